The Morgan fingerprint density at radius 3 is 2.35 bits per heavy atom. The number of halogens is 1. The summed E-state index contributed by atoms with van der Waals surface area (Å²) in [6.07, 6.45) is 1.13. The van der Waals surface area contributed by atoms with Crippen molar-refractivity contribution in [2.75, 3.05) is 16.3 Å². The molecule has 0 saturated carbocycles. The summed E-state index contributed by atoms with van der Waals surface area (Å²) >= 11 is 7.42. The van der Waals surface area contributed by atoms with Crippen LogP contribution in [0.3, 0.4) is 0 Å². The Morgan fingerprint density at radius 2 is 1.80 bits per heavy atom. The van der Waals surface area contributed by atoms with E-state index in [1.54, 1.807) is 12.1 Å². The van der Waals surface area contributed by atoms with Crippen LogP contribution in [0.25, 0.3) is 0 Å². The first kappa shape index (κ1) is 15.2. The molecule has 2 rings (SSSR count). The van der Waals surface area contributed by atoms with Crippen LogP contribution in [-0.2, 0) is 10.0 Å². The molecule has 108 valence electrons. The van der Waals surface area contributed by atoms with Gasteiger partial charge in [0.2, 0.25) is 10.0 Å². The number of sulfonamides is 1. The average Bonchev–Trinajstić information content (AvgIpc) is 2.77. The Labute approximate surface area is 127 Å². The van der Waals surface area contributed by atoms with Crippen LogP contribution in [-0.4, -0.2) is 14.7 Å². The molecule has 0 bridgehead atoms. The second-order valence-electron chi connectivity index (χ2n) is 4.43. The van der Waals surface area contributed by atoms with Gasteiger partial charge in [0.1, 0.15) is 0 Å². The summed E-state index contributed by atoms with van der Waals surface area (Å²) in [5, 5.41) is 3.29. The number of hydrogen-bond donors (Lipinski definition) is 2. The fourth-order valence-corrected chi connectivity index (χ4v) is 3.40. The van der Waals surface area contributed by atoms with Gasteiger partial charge in [-0.1, -0.05) is 23.7 Å². The highest BCUT2D eigenvalue weighted by atomic mass is 35.5. The third-order valence-corrected chi connectivity index (χ3v) is 4.62. The van der Waals surface area contributed by atoms with Crippen molar-refractivity contribution in [3.8, 4) is 0 Å². The first-order valence-electron chi connectivity index (χ1n) is 5.94. The quantitative estimate of drug-likeness (QED) is 0.872. The highest BCUT2D eigenvalue weighted by Crippen LogP contribution is 2.31. The van der Waals surface area contributed by atoms with E-state index in [1.807, 2.05) is 31.2 Å². The smallest absolute Gasteiger partial charge is 0.229 e. The maximum Gasteiger partial charge on any atom is 0.229 e. The van der Waals surface area contributed by atoms with E-state index in [4.69, 9.17) is 11.6 Å². The maximum absolute atomic E-state index is 11.4. The van der Waals surface area contributed by atoms with Crippen molar-refractivity contribution in [3.63, 3.8) is 0 Å². The first-order chi connectivity index (χ1) is 9.35. The van der Waals surface area contributed by atoms with Crippen molar-refractivity contribution in [2.24, 2.45) is 0 Å². The zero-order chi connectivity index (χ0) is 14.8. The van der Waals surface area contributed by atoms with Crippen LogP contribution in [0.4, 0.5) is 11.4 Å². The normalized spacial score (nSPS) is 12.9. The molecule has 20 heavy (non-hydrogen) atoms. The van der Waals surface area contributed by atoms with Gasteiger partial charge in [-0.15, -0.1) is 11.3 Å². The van der Waals surface area contributed by atoms with Crippen molar-refractivity contribution >= 4 is 44.3 Å². The molecule has 0 saturated heterocycles. The second-order valence-corrected chi connectivity index (χ2v) is 7.92. The van der Waals surface area contributed by atoms with Gasteiger partial charge in [0.15, 0.2) is 0 Å². The Morgan fingerprint density at radius 1 is 1.15 bits per heavy atom. The molecule has 2 aromatic rings. The van der Waals surface area contributed by atoms with Gasteiger partial charge in [-0.05, 0) is 31.2 Å². The van der Waals surface area contributed by atoms with Crippen LogP contribution < -0.4 is 10.0 Å². The molecule has 0 aliphatic heterocycles. The van der Waals surface area contributed by atoms with E-state index in [9.17, 15) is 8.42 Å². The molecular formula is C13H15ClN2O2S2. The summed E-state index contributed by atoms with van der Waals surface area (Å²) in [6, 6.07) is 11.0. The predicted molar refractivity (Wildman–Crippen MR) is 86.3 cm³/mol. The SMILES string of the molecule is CC(Nc1ccccc1NS(C)(=O)=O)c1ccc(Cl)s1. The van der Waals surface area contributed by atoms with Crippen molar-refractivity contribution in [1.82, 2.24) is 0 Å². The molecule has 1 unspecified atom stereocenters. The minimum absolute atomic E-state index is 0.0370. The molecule has 1 aromatic heterocycles. The molecule has 7 heteroatoms. The Kier molecular flexibility index (Phi) is 4.57. The zero-order valence-corrected chi connectivity index (χ0v) is 13.4. The number of thiophene rings is 1. The van der Waals surface area contributed by atoms with E-state index in [1.165, 1.54) is 11.3 Å². The minimum Gasteiger partial charge on any atom is -0.376 e. The summed E-state index contributed by atoms with van der Waals surface area (Å²) in [4.78, 5) is 1.09. The summed E-state index contributed by atoms with van der Waals surface area (Å²) in [5.74, 6) is 0. The predicted octanol–water partition coefficient (Wildman–Crippen LogP) is 3.95. The van der Waals surface area contributed by atoms with Gasteiger partial charge < -0.3 is 5.32 Å². The lowest BCUT2D eigenvalue weighted by atomic mass is 10.2. The van der Waals surface area contributed by atoms with Crippen molar-refractivity contribution in [1.29, 1.82) is 0 Å². The third kappa shape index (κ3) is 4.13. The van der Waals surface area contributed by atoms with E-state index < -0.39 is 10.0 Å². The van der Waals surface area contributed by atoms with Crippen molar-refractivity contribution in [2.45, 2.75) is 13.0 Å². The number of para-hydroxylation sites is 2. The monoisotopic (exact) mass is 330 g/mol. The number of rotatable bonds is 5. The largest absolute Gasteiger partial charge is 0.376 e. The number of anilines is 2. The Bertz CT molecular complexity index is 698. The number of nitrogens with one attached hydrogen (secondary N) is 2. The maximum atomic E-state index is 11.4. The molecule has 0 aliphatic carbocycles. The van der Waals surface area contributed by atoms with Gasteiger partial charge in [-0.3, -0.25) is 4.72 Å². The number of hydrogen-bond acceptors (Lipinski definition) is 4. The third-order valence-electron chi connectivity index (χ3n) is 2.62. The first-order valence-corrected chi connectivity index (χ1v) is 9.02. The molecule has 1 aromatic carbocycles. The van der Waals surface area contributed by atoms with Crippen LogP contribution in [0, 0.1) is 0 Å². The van der Waals surface area contributed by atoms with E-state index >= 15 is 0 Å². The van der Waals surface area contributed by atoms with Gasteiger partial charge in [0.25, 0.3) is 0 Å². The highest BCUT2D eigenvalue weighted by Gasteiger charge is 2.12. The number of benzene rings is 1. The molecular weight excluding hydrogens is 316 g/mol. The molecule has 0 amide bonds. The molecule has 0 aliphatic rings. The van der Waals surface area contributed by atoms with E-state index in [2.05, 4.69) is 10.0 Å². The van der Waals surface area contributed by atoms with Crippen LogP contribution in [0.1, 0.15) is 17.8 Å². The van der Waals surface area contributed by atoms with E-state index in [-0.39, 0.29) is 6.04 Å². The van der Waals surface area contributed by atoms with Crippen LogP contribution in [0.5, 0.6) is 0 Å². The van der Waals surface area contributed by atoms with E-state index in [0.717, 1.165) is 21.2 Å². The lowest BCUT2D eigenvalue weighted by Gasteiger charge is -2.17. The zero-order valence-electron chi connectivity index (χ0n) is 11.1. The van der Waals surface area contributed by atoms with Gasteiger partial charge in [-0.2, -0.15) is 0 Å². The molecule has 1 heterocycles. The lowest BCUT2D eigenvalue weighted by Crippen LogP contribution is -2.13. The van der Waals surface area contributed by atoms with Crippen LogP contribution in [0.2, 0.25) is 4.34 Å². The molecule has 4 nitrogen and oxygen atoms in total. The summed E-state index contributed by atoms with van der Waals surface area (Å²) in [5.41, 5.74) is 1.26. The molecule has 2 N–H and O–H groups in total. The van der Waals surface area contributed by atoms with Crippen LogP contribution in [0.15, 0.2) is 36.4 Å². The molecule has 0 radical (unpaired) electrons. The van der Waals surface area contributed by atoms with Crippen molar-refractivity contribution < 1.29 is 8.42 Å². The summed E-state index contributed by atoms with van der Waals surface area (Å²) < 4.78 is 25.9. The summed E-state index contributed by atoms with van der Waals surface area (Å²) in [7, 11) is -3.30. The van der Waals surface area contributed by atoms with Crippen LogP contribution >= 0.6 is 22.9 Å². The topological polar surface area (TPSA) is 58.2 Å². The molecule has 1 atom stereocenters. The summed E-state index contributed by atoms with van der Waals surface area (Å²) in [6.45, 7) is 2.00. The second kappa shape index (κ2) is 6.03. The molecule has 0 spiro atoms. The Balaban J connectivity index is 2.21. The van der Waals surface area contributed by atoms with Gasteiger partial charge in [0, 0.05) is 4.88 Å². The fourth-order valence-electron chi connectivity index (χ4n) is 1.76. The highest BCUT2D eigenvalue weighted by molar-refractivity contribution is 7.92. The van der Waals surface area contributed by atoms with Gasteiger partial charge in [0.05, 0.1) is 28.0 Å². The Hall–Kier alpha value is -1.24. The fraction of sp³-hybridized carbons (Fsp3) is 0.231. The molecule has 0 fully saturated rings. The lowest BCUT2D eigenvalue weighted by molar-refractivity contribution is 0.607. The average molecular weight is 331 g/mol. The van der Waals surface area contributed by atoms with Gasteiger partial charge in [-0.25, -0.2) is 8.42 Å². The van der Waals surface area contributed by atoms with Crippen molar-refractivity contribution in [3.05, 3.63) is 45.6 Å². The minimum atomic E-state index is -3.30. The standard InChI is InChI=1S/C13H15ClN2O2S2/c1-9(12-7-8-13(14)19-12)15-10-5-3-4-6-11(10)16-20(2,17)18/h3-9,15-16H,1-2H3. The van der Waals surface area contributed by atoms with Gasteiger partial charge >= 0.3 is 0 Å². The van der Waals surface area contributed by atoms with E-state index in [0.29, 0.717) is 5.69 Å².